The summed E-state index contributed by atoms with van der Waals surface area (Å²) < 4.78 is 26.6. The highest BCUT2D eigenvalue weighted by atomic mass is 32.2. The van der Waals surface area contributed by atoms with Crippen LogP contribution in [0.15, 0.2) is 29.2 Å². The van der Waals surface area contributed by atoms with Crippen LogP contribution < -0.4 is 5.32 Å². The van der Waals surface area contributed by atoms with Gasteiger partial charge in [-0.05, 0) is 37.0 Å². The molecule has 1 aliphatic rings. The molecule has 1 N–H and O–H groups in total. The van der Waals surface area contributed by atoms with E-state index in [9.17, 15) is 8.42 Å². The van der Waals surface area contributed by atoms with E-state index in [-0.39, 0.29) is 0 Å². The smallest absolute Gasteiger partial charge is 0.243 e. The highest BCUT2D eigenvalue weighted by Gasteiger charge is 2.28. The fourth-order valence-corrected chi connectivity index (χ4v) is 3.97. The van der Waals surface area contributed by atoms with E-state index in [0.29, 0.717) is 23.9 Å². The van der Waals surface area contributed by atoms with Crippen LogP contribution in [0.25, 0.3) is 0 Å². The van der Waals surface area contributed by atoms with Crippen molar-refractivity contribution in [3.63, 3.8) is 0 Å². The topological polar surface area (TPSA) is 49.4 Å². The standard InChI is InChI=1S/C13H20N2O2S/c1-11-5-4-8-15(10-11)18(16,17)13-7-3-6-12(9-13)14-2/h3,6-7,9,11,14H,4-5,8,10H2,1-2H3. The van der Waals surface area contributed by atoms with Crippen LogP contribution in [0.2, 0.25) is 0 Å². The average Bonchev–Trinajstić information content (AvgIpc) is 2.39. The van der Waals surface area contributed by atoms with Crippen LogP contribution in [0.5, 0.6) is 0 Å². The monoisotopic (exact) mass is 268 g/mol. The number of nitrogens with zero attached hydrogens (tertiary/aromatic N) is 1. The molecular weight excluding hydrogens is 248 g/mol. The van der Waals surface area contributed by atoms with Gasteiger partial charge in [-0.2, -0.15) is 4.31 Å². The summed E-state index contributed by atoms with van der Waals surface area (Å²) >= 11 is 0. The van der Waals surface area contributed by atoms with Gasteiger partial charge in [0.1, 0.15) is 0 Å². The van der Waals surface area contributed by atoms with Crippen molar-refractivity contribution < 1.29 is 8.42 Å². The molecule has 0 spiro atoms. The molecule has 0 radical (unpaired) electrons. The molecule has 5 heteroatoms. The second-order valence-electron chi connectivity index (χ2n) is 4.89. The number of benzene rings is 1. The van der Waals surface area contributed by atoms with Crippen LogP contribution in [0.4, 0.5) is 5.69 Å². The van der Waals surface area contributed by atoms with E-state index in [1.54, 1.807) is 29.6 Å². The molecule has 1 atom stereocenters. The van der Waals surface area contributed by atoms with E-state index >= 15 is 0 Å². The molecular formula is C13H20N2O2S. The summed E-state index contributed by atoms with van der Waals surface area (Å²) in [5, 5.41) is 2.97. The molecule has 1 heterocycles. The number of anilines is 1. The predicted octanol–water partition coefficient (Wildman–Crippen LogP) is 2.15. The van der Waals surface area contributed by atoms with E-state index < -0.39 is 10.0 Å². The summed E-state index contributed by atoms with van der Waals surface area (Å²) in [4.78, 5) is 0.378. The van der Waals surface area contributed by atoms with Crippen molar-refractivity contribution in [3.05, 3.63) is 24.3 Å². The Morgan fingerprint density at radius 1 is 1.39 bits per heavy atom. The Hall–Kier alpha value is -1.07. The summed E-state index contributed by atoms with van der Waals surface area (Å²) in [5.41, 5.74) is 0.820. The quantitative estimate of drug-likeness (QED) is 0.914. The number of sulfonamides is 1. The maximum Gasteiger partial charge on any atom is 0.243 e. The molecule has 1 saturated heterocycles. The van der Waals surface area contributed by atoms with Gasteiger partial charge < -0.3 is 5.32 Å². The lowest BCUT2D eigenvalue weighted by Crippen LogP contribution is -2.39. The summed E-state index contributed by atoms with van der Waals surface area (Å²) in [6.07, 6.45) is 2.06. The molecule has 1 fully saturated rings. The minimum atomic E-state index is -3.33. The van der Waals surface area contributed by atoms with Gasteiger partial charge in [0, 0.05) is 25.8 Å². The van der Waals surface area contributed by atoms with Gasteiger partial charge >= 0.3 is 0 Å². The van der Waals surface area contributed by atoms with Crippen LogP contribution in [-0.2, 0) is 10.0 Å². The SMILES string of the molecule is CNc1cccc(S(=O)(=O)N2CCCC(C)C2)c1. The van der Waals surface area contributed by atoms with E-state index in [4.69, 9.17) is 0 Å². The zero-order valence-corrected chi connectivity index (χ0v) is 11.7. The molecule has 4 nitrogen and oxygen atoms in total. The Kier molecular flexibility index (Phi) is 3.92. The van der Waals surface area contributed by atoms with Crippen molar-refractivity contribution in [2.45, 2.75) is 24.7 Å². The van der Waals surface area contributed by atoms with Gasteiger partial charge in [-0.15, -0.1) is 0 Å². The molecule has 1 aromatic rings. The fourth-order valence-electron chi connectivity index (χ4n) is 2.33. The molecule has 18 heavy (non-hydrogen) atoms. The highest BCUT2D eigenvalue weighted by molar-refractivity contribution is 7.89. The van der Waals surface area contributed by atoms with Crippen molar-refractivity contribution in [2.24, 2.45) is 5.92 Å². The van der Waals surface area contributed by atoms with Crippen LogP contribution in [0, 0.1) is 5.92 Å². The van der Waals surface area contributed by atoms with Crippen molar-refractivity contribution in [1.29, 1.82) is 0 Å². The summed E-state index contributed by atoms with van der Waals surface area (Å²) in [5.74, 6) is 0.445. The van der Waals surface area contributed by atoms with Crippen molar-refractivity contribution in [3.8, 4) is 0 Å². The lowest BCUT2D eigenvalue weighted by atomic mass is 10.0. The molecule has 1 unspecified atom stereocenters. The van der Waals surface area contributed by atoms with Gasteiger partial charge in [0.05, 0.1) is 4.90 Å². The van der Waals surface area contributed by atoms with Gasteiger partial charge in [0.15, 0.2) is 0 Å². The third-order valence-corrected chi connectivity index (χ3v) is 5.24. The van der Waals surface area contributed by atoms with E-state index in [1.807, 2.05) is 6.07 Å². The zero-order chi connectivity index (χ0) is 13.2. The maximum atomic E-state index is 12.5. The third-order valence-electron chi connectivity index (χ3n) is 3.38. The third kappa shape index (κ3) is 2.67. The van der Waals surface area contributed by atoms with Crippen molar-refractivity contribution >= 4 is 15.7 Å². The normalized spacial score (nSPS) is 21.8. The minimum Gasteiger partial charge on any atom is -0.388 e. The van der Waals surface area contributed by atoms with Gasteiger partial charge in [0.25, 0.3) is 0 Å². The first kappa shape index (κ1) is 13.4. The highest BCUT2D eigenvalue weighted by Crippen LogP contribution is 2.24. The Morgan fingerprint density at radius 3 is 2.83 bits per heavy atom. The molecule has 0 saturated carbocycles. The Bertz CT molecular complexity index is 513. The van der Waals surface area contributed by atoms with E-state index in [2.05, 4.69) is 12.2 Å². The minimum absolute atomic E-state index is 0.378. The first-order chi connectivity index (χ1) is 8.54. The van der Waals surface area contributed by atoms with Gasteiger partial charge in [-0.3, -0.25) is 0 Å². The largest absolute Gasteiger partial charge is 0.388 e. The zero-order valence-electron chi connectivity index (χ0n) is 10.9. The lowest BCUT2D eigenvalue weighted by molar-refractivity contribution is 0.281. The number of piperidine rings is 1. The van der Waals surface area contributed by atoms with Crippen molar-refractivity contribution in [1.82, 2.24) is 4.31 Å². The number of hydrogen-bond acceptors (Lipinski definition) is 3. The molecule has 1 aromatic carbocycles. The van der Waals surface area contributed by atoms with Crippen molar-refractivity contribution in [2.75, 3.05) is 25.5 Å². The second-order valence-corrected chi connectivity index (χ2v) is 6.83. The first-order valence-electron chi connectivity index (χ1n) is 6.32. The van der Waals surface area contributed by atoms with Gasteiger partial charge in [-0.25, -0.2) is 8.42 Å². The number of rotatable bonds is 3. The molecule has 0 amide bonds. The summed E-state index contributed by atoms with van der Waals surface area (Å²) in [7, 11) is -1.55. The average molecular weight is 268 g/mol. The number of nitrogens with one attached hydrogen (secondary N) is 1. The van der Waals surface area contributed by atoms with Crippen LogP contribution >= 0.6 is 0 Å². The van der Waals surface area contributed by atoms with Crippen LogP contribution in [-0.4, -0.2) is 32.9 Å². The first-order valence-corrected chi connectivity index (χ1v) is 7.76. The molecule has 0 bridgehead atoms. The summed E-state index contributed by atoms with van der Waals surface area (Å²) in [6, 6.07) is 6.98. The Morgan fingerprint density at radius 2 is 2.17 bits per heavy atom. The molecule has 1 aliphatic heterocycles. The van der Waals surface area contributed by atoms with Crippen LogP contribution in [0.3, 0.4) is 0 Å². The molecule has 0 aliphatic carbocycles. The molecule has 100 valence electrons. The predicted molar refractivity (Wildman–Crippen MR) is 73.1 cm³/mol. The van der Waals surface area contributed by atoms with Gasteiger partial charge in [-0.1, -0.05) is 13.0 Å². The van der Waals surface area contributed by atoms with E-state index in [0.717, 1.165) is 18.5 Å². The van der Waals surface area contributed by atoms with Gasteiger partial charge in [0.2, 0.25) is 10.0 Å². The lowest BCUT2D eigenvalue weighted by Gasteiger charge is -2.30. The maximum absolute atomic E-state index is 12.5. The second kappa shape index (κ2) is 5.28. The fraction of sp³-hybridized carbons (Fsp3) is 0.538. The summed E-state index contributed by atoms with van der Waals surface area (Å²) in [6.45, 7) is 3.37. The Labute approximate surface area is 109 Å². The Balaban J connectivity index is 2.29. The number of hydrogen-bond donors (Lipinski definition) is 1. The molecule has 0 aromatic heterocycles. The van der Waals surface area contributed by atoms with E-state index in [1.165, 1.54) is 0 Å². The van der Waals surface area contributed by atoms with Crippen LogP contribution in [0.1, 0.15) is 19.8 Å². The molecule has 2 rings (SSSR count).